The molecule has 6 rings (SSSR count). The molecule has 4 heterocycles. The van der Waals surface area contributed by atoms with E-state index >= 15 is 0 Å². The zero-order valence-corrected chi connectivity index (χ0v) is 18.0. The van der Waals surface area contributed by atoms with Crippen molar-refractivity contribution < 1.29 is 14.4 Å². The van der Waals surface area contributed by atoms with Crippen LogP contribution >= 0.6 is 0 Å². The molecule has 8 heteroatoms. The summed E-state index contributed by atoms with van der Waals surface area (Å²) in [4.78, 5) is 24.4. The summed E-state index contributed by atoms with van der Waals surface area (Å²) in [6.45, 7) is 7.15. The zero-order valence-electron chi connectivity index (χ0n) is 18.0. The average molecular weight is 416 g/mol. The fraction of sp³-hybridized carbons (Fsp3) is 0.864. The summed E-state index contributed by atoms with van der Waals surface area (Å²) in [6, 6.07) is 1.19. The molecule has 4 unspecified atom stereocenters. The Morgan fingerprint density at radius 2 is 2.00 bits per heavy atom. The maximum atomic E-state index is 13.1. The van der Waals surface area contributed by atoms with Crippen molar-refractivity contribution in [3.05, 3.63) is 5.82 Å². The van der Waals surface area contributed by atoms with Crippen molar-refractivity contribution in [1.82, 2.24) is 19.9 Å². The van der Waals surface area contributed by atoms with Gasteiger partial charge in [-0.3, -0.25) is 9.69 Å². The summed E-state index contributed by atoms with van der Waals surface area (Å²) < 4.78 is 5.40. The second kappa shape index (κ2) is 6.66. The van der Waals surface area contributed by atoms with E-state index in [0.717, 1.165) is 32.5 Å². The number of aromatic nitrogens is 2. The Balaban J connectivity index is 1.08. The third kappa shape index (κ3) is 2.68. The van der Waals surface area contributed by atoms with Crippen molar-refractivity contribution in [2.75, 3.05) is 31.1 Å². The molecule has 5 fully saturated rings. The van der Waals surface area contributed by atoms with E-state index in [9.17, 15) is 9.90 Å². The molecule has 2 aliphatic carbocycles. The molecule has 3 saturated heterocycles. The molecule has 0 radical (unpaired) electrons. The lowest BCUT2D eigenvalue weighted by atomic mass is 9.67. The fourth-order valence-corrected chi connectivity index (χ4v) is 6.98. The van der Waals surface area contributed by atoms with E-state index in [4.69, 9.17) is 4.52 Å². The van der Waals surface area contributed by atoms with E-state index in [1.807, 2.05) is 6.92 Å². The number of hydrogen-bond acceptors (Lipinski definition) is 7. The van der Waals surface area contributed by atoms with Gasteiger partial charge in [0.1, 0.15) is 0 Å². The molecule has 0 aromatic carbocycles. The minimum absolute atomic E-state index is 0.00693. The number of amides is 1. The molecule has 3 aliphatic heterocycles. The second-order valence-corrected chi connectivity index (χ2v) is 10.5. The number of aliphatic hydroxyl groups is 1. The number of carbonyl (C=O) groups is 1. The normalized spacial score (nSPS) is 39.6. The Labute approximate surface area is 177 Å². The van der Waals surface area contributed by atoms with E-state index in [2.05, 4.69) is 31.8 Å². The average Bonchev–Trinajstić information content (AvgIpc) is 2.98. The van der Waals surface area contributed by atoms with Crippen molar-refractivity contribution in [3.63, 3.8) is 0 Å². The number of fused-ring (bicyclic) bond motifs is 1. The minimum Gasteiger partial charge on any atom is -0.394 e. The highest BCUT2D eigenvalue weighted by atomic mass is 16.5. The first kappa shape index (κ1) is 19.0. The van der Waals surface area contributed by atoms with Crippen LogP contribution in [-0.2, 0) is 4.79 Å². The Morgan fingerprint density at radius 1 is 1.23 bits per heavy atom. The monoisotopic (exact) mass is 415 g/mol. The van der Waals surface area contributed by atoms with Gasteiger partial charge in [-0.1, -0.05) is 5.16 Å². The quantitative estimate of drug-likeness (QED) is 0.796. The molecule has 1 amide bonds. The van der Waals surface area contributed by atoms with Gasteiger partial charge in [0, 0.05) is 43.2 Å². The maximum Gasteiger partial charge on any atom is 0.324 e. The van der Waals surface area contributed by atoms with E-state index in [1.165, 1.54) is 25.7 Å². The standard InChI is InChI=1S/C22H33N5O3/c1-13-8-15(9-16(12-28)27(13)21-23-14(2)24-30-21)25-10-17-18(11-25)19(17)20(29)26-7-6-22(26)4-3-5-22/h13,15-19,28H,3-12H2,1-2H3/t13?,15?,16?,17-,18+,19?. The van der Waals surface area contributed by atoms with Crippen LogP contribution in [0, 0.1) is 24.7 Å². The smallest absolute Gasteiger partial charge is 0.324 e. The third-order valence-electron chi connectivity index (χ3n) is 8.92. The topological polar surface area (TPSA) is 85.9 Å². The van der Waals surface area contributed by atoms with Gasteiger partial charge in [-0.15, -0.1) is 0 Å². The highest BCUT2D eigenvalue weighted by molar-refractivity contribution is 5.84. The van der Waals surface area contributed by atoms with E-state index in [-0.39, 0.29) is 30.1 Å². The Kier molecular flexibility index (Phi) is 4.23. The van der Waals surface area contributed by atoms with Crippen LogP contribution in [0.15, 0.2) is 4.52 Å². The Bertz CT molecular complexity index is 821. The maximum absolute atomic E-state index is 13.1. The third-order valence-corrected chi connectivity index (χ3v) is 8.92. The van der Waals surface area contributed by atoms with Crippen LogP contribution in [0.2, 0.25) is 0 Å². The van der Waals surface area contributed by atoms with Gasteiger partial charge in [0.25, 0.3) is 0 Å². The van der Waals surface area contributed by atoms with Gasteiger partial charge >= 0.3 is 6.01 Å². The molecule has 164 valence electrons. The first-order valence-corrected chi connectivity index (χ1v) is 11.8. The molecule has 1 aromatic heterocycles. The van der Waals surface area contributed by atoms with Crippen LogP contribution in [0.5, 0.6) is 0 Å². The number of likely N-dealkylation sites (tertiary alicyclic amines) is 2. The molecule has 30 heavy (non-hydrogen) atoms. The molecular formula is C22H33N5O3. The van der Waals surface area contributed by atoms with Crippen LogP contribution < -0.4 is 4.90 Å². The molecule has 6 atom stereocenters. The Hall–Kier alpha value is -1.67. The van der Waals surface area contributed by atoms with Gasteiger partial charge in [-0.25, -0.2) is 0 Å². The van der Waals surface area contributed by atoms with Crippen LogP contribution in [0.3, 0.4) is 0 Å². The highest BCUT2D eigenvalue weighted by Crippen LogP contribution is 2.57. The van der Waals surface area contributed by atoms with E-state index < -0.39 is 0 Å². The summed E-state index contributed by atoms with van der Waals surface area (Å²) in [5, 5.41) is 14.0. The molecule has 8 nitrogen and oxygen atoms in total. The number of aliphatic hydroxyl groups excluding tert-OH is 1. The Morgan fingerprint density at radius 3 is 2.53 bits per heavy atom. The number of hydrogen-bond donors (Lipinski definition) is 1. The number of piperidine rings is 2. The molecule has 2 saturated carbocycles. The van der Waals surface area contributed by atoms with Crippen molar-refractivity contribution >= 4 is 11.9 Å². The van der Waals surface area contributed by atoms with Crippen LogP contribution in [0.1, 0.15) is 51.3 Å². The minimum atomic E-state index is -0.00693. The van der Waals surface area contributed by atoms with Crippen LogP contribution in [-0.4, -0.2) is 80.9 Å². The van der Waals surface area contributed by atoms with Crippen LogP contribution in [0.4, 0.5) is 6.01 Å². The number of carbonyl (C=O) groups excluding carboxylic acids is 1. The van der Waals surface area contributed by atoms with Gasteiger partial charge in [0.05, 0.1) is 12.6 Å². The lowest BCUT2D eigenvalue weighted by molar-refractivity contribution is -0.158. The predicted octanol–water partition coefficient (Wildman–Crippen LogP) is 1.43. The van der Waals surface area contributed by atoms with E-state index in [1.54, 1.807) is 0 Å². The number of anilines is 1. The van der Waals surface area contributed by atoms with Gasteiger partial charge in [-0.2, -0.15) is 4.98 Å². The van der Waals surface area contributed by atoms with Crippen molar-refractivity contribution in [3.8, 4) is 0 Å². The first-order chi connectivity index (χ1) is 14.5. The predicted molar refractivity (Wildman–Crippen MR) is 110 cm³/mol. The summed E-state index contributed by atoms with van der Waals surface area (Å²) in [6.07, 6.45) is 6.89. The summed E-state index contributed by atoms with van der Waals surface area (Å²) in [5.74, 6) is 2.46. The summed E-state index contributed by atoms with van der Waals surface area (Å²) in [5.41, 5.74) is 0.275. The molecule has 5 aliphatic rings. The van der Waals surface area contributed by atoms with Gasteiger partial charge in [-0.05, 0) is 64.2 Å². The first-order valence-electron chi connectivity index (χ1n) is 11.8. The van der Waals surface area contributed by atoms with Gasteiger partial charge < -0.3 is 19.4 Å². The van der Waals surface area contributed by atoms with Crippen molar-refractivity contribution in [2.45, 2.75) is 76.0 Å². The number of rotatable bonds is 4. The molecular weight excluding hydrogens is 382 g/mol. The van der Waals surface area contributed by atoms with Gasteiger partial charge in [0.15, 0.2) is 5.82 Å². The lowest BCUT2D eigenvalue weighted by Gasteiger charge is -2.59. The number of aryl methyl sites for hydroxylation is 1. The number of nitrogens with zero attached hydrogens (tertiary/aromatic N) is 5. The molecule has 1 aromatic rings. The van der Waals surface area contributed by atoms with Gasteiger partial charge in [0.2, 0.25) is 5.91 Å². The summed E-state index contributed by atoms with van der Waals surface area (Å²) >= 11 is 0. The highest BCUT2D eigenvalue weighted by Gasteiger charge is 2.64. The largest absolute Gasteiger partial charge is 0.394 e. The van der Waals surface area contributed by atoms with Crippen molar-refractivity contribution in [2.24, 2.45) is 17.8 Å². The van der Waals surface area contributed by atoms with Crippen LogP contribution in [0.25, 0.3) is 0 Å². The second-order valence-electron chi connectivity index (χ2n) is 10.5. The molecule has 1 spiro atoms. The fourth-order valence-electron chi connectivity index (χ4n) is 6.98. The molecule has 0 bridgehead atoms. The van der Waals surface area contributed by atoms with Crippen molar-refractivity contribution in [1.29, 1.82) is 0 Å². The van der Waals surface area contributed by atoms with E-state index in [0.29, 0.717) is 35.6 Å². The lowest BCUT2D eigenvalue weighted by Crippen LogP contribution is -2.66. The molecule has 1 N–H and O–H groups in total. The zero-order chi connectivity index (χ0) is 20.6. The SMILES string of the molecule is Cc1noc(N2C(C)CC(N3C[C@@H]4C(C(=O)N5CCC56CCC6)[C@@H]4C3)CC2CO)n1. The summed E-state index contributed by atoms with van der Waals surface area (Å²) in [7, 11) is 0.